The van der Waals surface area contributed by atoms with Crippen molar-refractivity contribution in [2.45, 2.75) is 6.92 Å². The first-order chi connectivity index (χ1) is 10.1. The maximum atomic E-state index is 5.20. The zero-order chi connectivity index (χ0) is 15.2. The summed E-state index contributed by atoms with van der Waals surface area (Å²) in [4.78, 5) is 2.12. The summed E-state index contributed by atoms with van der Waals surface area (Å²) in [5.74, 6) is -0.0537. The van der Waals surface area contributed by atoms with Crippen LogP contribution in [-0.2, 0) is 0 Å². The van der Waals surface area contributed by atoms with Gasteiger partial charge in [0.15, 0.2) is 0 Å². The summed E-state index contributed by atoms with van der Waals surface area (Å²) in [6.07, 6.45) is 1.61. The lowest BCUT2D eigenvalue weighted by Gasteiger charge is -2.19. The summed E-state index contributed by atoms with van der Waals surface area (Å²) in [6.45, 7) is 2.08. The van der Waals surface area contributed by atoms with Gasteiger partial charge in [-0.2, -0.15) is 5.10 Å². The quantitative estimate of drug-likeness (QED) is 0.513. The van der Waals surface area contributed by atoms with Gasteiger partial charge in [-0.05, 0) is 36.8 Å². The fourth-order valence-corrected chi connectivity index (χ4v) is 1.86. The third-order valence-electron chi connectivity index (χ3n) is 3.08. The van der Waals surface area contributed by atoms with E-state index in [2.05, 4.69) is 46.3 Å². The molecule has 0 fully saturated rings. The Bertz CT molecular complexity index is 637. The molecule has 0 spiro atoms. The average Bonchev–Trinajstić information content (AvgIpc) is 2.48. The minimum Gasteiger partial charge on any atom is -0.369 e. The van der Waals surface area contributed by atoms with Crippen molar-refractivity contribution >= 4 is 23.5 Å². The van der Waals surface area contributed by atoms with E-state index in [4.69, 9.17) is 11.5 Å². The lowest BCUT2D eigenvalue weighted by Crippen LogP contribution is -2.21. The van der Waals surface area contributed by atoms with Crippen LogP contribution in [0, 0.1) is 6.92 Å². The van der Waals surface area contributed by atoms with Crippen molar-refractivity contribution in [3.63, 3.8) is 0 Å². The van der Waals surface area contributed by atoms with Crippen LogP contribution in [0.5, 0.6) is 0 Å². The van der Waals surface area contributed by atoms with Crippen LogP contribution < -0.4 is 16.4 Å². The molecule has 0 amide bonds. The molecule has 0 aliphatic carbocycles. The molecule has 2 aromatic rings. The smallest absolute Gasteiger partial charge is 0.211 e. The van der Waals surface area contributed by atoms with Gasteiger partial charge in [0.25, 0.3) is 0 Å². The molecular formula is C16H19N5. The number of rotatable bonds is 4. The van der Waals surface area contributed by atoms with Gasteiger partial charge in [0.05, 0.1) is 6.21 Å². The zero-order valence-electron chi connectivity index (χ0n) is 12.2. The van der Waals surface area contributed by atoms with E-state index in [9.17, 15) is 0 Å². The summed E-state index contributed by atoms with van der Waals surface area (Å²) >= 11 is 0. The minimum atomic E-state index is -0.0537. The number of nitrogens with zero attached hydrogens (tertiary/aromatic N) is 3. The molecule has 2 aromatic carbocycles. The molecule has 0 bridgehead atoms. The zero-order valence-corrected chi connectivity index (χ0v) is 12.2. The first-order valence-electron chi connectivity index (χ1n) is 6.58. The van der Waals surface area contributed by atoms with Crippen molar-refractivity contribution in [1.29, 1.82) is 0 Å². The van der Waals surface area contributed by atoms with Crippen molar-refractivity contribution in [3.8, 4) is 0 Å². The highest BCUT2D eigenvalue weighted by molar-refractivity contribution is 5.82. The van der Waals surface area contributed by atoms with Crippen LogP contribution in [0.4, 0.5) is 11.4 Å². The van der Waals surface area contributed by atoms with E-state index in [1.54, 1.807) is 6.21 Å². The van der Waals surface area contributed by atoms with Crippen LogP contribution in [0.1, 0.15) is 11.1 Å². The molecule has 5 heteroatoms. The Morgan fingerprint density at radius 3 is 2.00 bits per heavy atom. The van der Waals surface area contributed by atoms with Crippen molar-refractivity contribution in [1.82, 2.24) is 0 Å². The van der Waals surface area contributed by atoms with Crippen LogP contribution in [0.3, 0.4) is 0 Å². The molecule has 4 N–H and O–H groups in total. The van der Waals surface area contributed by atoms with Gasteiger partial charge in [-0.25, -0.2) is 0 Å². The van der Waals surface area contributed by atoms with Gasteiger partial charge in [0.1, 0.15) is 0 Å². The second kappa shape index (κ2) is 6.56. The van der Waals surface area contributed by atoms with Crippen LogP contribution in [0.25, 0.3) is 0 Å². The van der Waals surface area contributed by atoms with E-state index < -0.39 is 0 Å². The summed E-state index contributed by atoms with van der Waals surface area (Å²) in [5.41, 5.74) is 14.8. The topological polar surface area (TPSA) is 80.0 Å². The van der Waals surface area contributed by atoms with E-state index in [1.807, 2.05) is 31.3 Å². The molecule has 5 nitrogen and oxygen atoms in total. The summed E-state index contributed by atoms with van der Waals surface area (Å²) < 4.78 is 0. The highest BCUT2D eigenvalue weighted by atomic mass is 15.3. The molecule has 2 rings (SSSR count). The molecule has 0 unspecified atom stereocenters. The molecule has 0 saturated heterocycles. The standard InChI is InChI=1S/C16H19N5/c1-12-3-7-14(8-4-12)21(2)15-9-5-13(6-10-15)11-19-20-16(17)18/h3-11H,1-2H3,(H4,17,18,20). The molecule has 0 aliphatic rings. The van der Waals surface area contributed by atoms with Crippen LogP contribution in [0.2, 0.25) is 0 Å². The lowest BCUT2D eigenvalue weighted by atomic mass is 10.2. The SMILES string of the molecule is Cc1ccc(N(C)c2ccc(C=NN=C(N)N)cc2)cc1. The van der Waals surface area contributed by atoms with Gasteiger partial charge in [-0.15, -0.1) is 5.10 Å². The molecule has 0 aliphatic heterocycles. The minimum absolute atomic E-state index is 0.0537. The average molecular weight is 281 g/mol. The van der Waals surface area contributed by atoms with Crippen LogP contribution >= 0.6 is 0 Å². The van der Waals surface area contributed by atoms with Crippen molar-refractivity contribution in [3.05, 3.63) is 59.7 Å². The Morgan fingerprint density at radius 1 is 0.952 bits per heavy atom. The summed E-state index contributed by atoms with van der Waals surface area (Å²) in [5, 5.41) is 7.35. The fourth-order valence-electron chi connectivity index (χ4n) is 1.86. The van der Waals surface area contributed by atoms with Crippen molar-refractivity contribution in [2.24, 2.45) is 21.7 Å². The number of aryl methyl sites for hydroxylation is 1. The summed E-state index contributed by atoms with van der Waals surface area (Å²) in [7, 11) is 2.03. The van der Waals surface area contributed by atoms with Crippen molar-refractivity contribution in [2.75, 3.05) is 11.9 Å². The van der Waals surface area contributed by atoms with Gasteiger partial charge in [-0.3, -0.25) is 0 Å². The number of benzene rings is 2. The molecule has 0 radical (unpaired) electrons. The highest BCUT2D eigenvalue weighted by Gasteiger charge is 2.03. The van der Waals surface area contributed by atoms with E-state index in [-0.39, 0.29) is 5.96 Å². The molecule has 0 aromatic heterocycles. The number of anilines is 2. The second-order valence-electron chi connectivity index (χ2n) is 4.76. The number of hydrogen-bond acceptors (Lipinski definition) is 3. The Morgan fingerprint density at radius 2 is 1.48 bits per heavy atom. The van der Waals surface area contributed by atoms with Crippen molar-refractivity contribution < 1.29 is 0 Å². The molecular weight excluding hydrogens is 262 g/mol. The first kappa shape index (κ1) is 14.6. The molecule has 108 valence electrons. The third kappa shape index (κ3) is 4.07. The van der Waals surface area contributed by atoms with Crippen LogP contribution in [0.15, 0.2) is 58.7 Å². The van der Waals surface area contributed by atoms with Crippen LogP contribution in [-0.4, -0.2) is 19.2 Å². The molecule has 0 heterocycles. The number of guanidine groups is 1. The monoisotopic (exact) mass is 281 g/mol. The number of nitrogens with two attached hydrogens (primary N) is 2. The summed E-state index contributed by atoms with van der Waals surface area (Å²) in [6, 6.07) is 16.4. The van der Waals surface area contributed by atoms with Gasteiger partial charge in [-0.1, -0.05) is 29.8 Å². The largest absolute Gasteiger partial charge is 0.369 e. The van der Waals surface area contributed by atoms with E-state index >= 15 is 0 Å². The predicted molar refractivity (Wildman–Crippen MR) is 89.1 cm³/mol. The lowest BCUT2D eigenvalue weighted by molar-refractivity contribution is 1.20. The van der Waals surface area contributed by atoms with E-state index in [0.717, 1.165) is 16.9 Å². The Labute approximate surface area is 124 Å². The molecule has 21 heavy (non-hydrogen) atoms. The molecule has 0 atom stereocenters. The molecule has 0 saturated carbocycles. The fraction of sp³-hybridized carbons (Fsp3) is 0.125. The Balaban J connectivity index is 2.13. The second-order valence-corrected chi connectivity index (χ2v) is 4.76. The maximum absolute atomic E-state index is 5.20. The predicted octanol–water partition coefficient (Wildman–Crippen LogP) is 2.37. The van der Waals surface area contributed by atoms with Gasteiger partial charge in [0.2, 0.25) is 5.96 Å². The normalized spacial score (nSPS) is 10.6. The van der Waals surface area contributed by atoms with E-state index in [0.29, 0.717) is 0 Å². The maximum Gasteiger partial charge on any atom is 0.211 e. The highest BCUT2D eigenvalue weighted by Crippen LogP contribution is 2.23. The third-order valence-corrected chi connectivity index (χ3v) is 3.08. The van der Waals surface area contributed by atoms with Gasteiger partial charge in [0, 0.05) is 18.4 Å². The Kier molecular flexibility index (Phi) is 4.56. The van der Waals surface area contributed by atoms with E-state index in [1.165, 1.54) is 5.56 Å². The first-order valence-corrected chi connectivity index (χ1v) is 6.58. The van der Waals surface area contributed by atoms with Gasteiger partial charge < -0.3 is 16.4 Å². The Hall–Kier alpha value is -2.82. The number of hydrogen-bond donors (Lipinski definition) is 2. The van der Waals surface area contributed by atoms with Gasteiger partial charge >= 0.3 is 0 Å².